The number of aryl methyl sites for hydroxylation is 1. The topological polar surface area (TPSA) is 26.3 Å². The second-order valence-electron chi connectivity index (χ2n) is 8.41. The summed E-state index contributed by atoms with van der Waals surface area (Å²) in [5.41, 5.74) is 3.76. The zero-order valence-corrected chi connectivity index (χ0v) is 16.6. The number of halogens is 3. The second kappa shape index (κ2) is 6.50. The van der Waals surface area contributed by atoms with Crippen molar-refractivity contribution in [3.8, 4) is 16.9 Å². The van der Waals surface area contributed by atoms with Gasteiger partial charge in [0, 0.05) is 22.0 Å². The molecule has 5 heteroatoms. The number of hydrogen-bond acceptors (Lipinski definition) is 2. The summed E-state index contributed by atoms with van der Waals surface area (Å²) in [5.74, 6) is -0.315. The quantitative estimate of drug-likeness (QED) is 0.443. The lowest BCUT2D eigenvalue weighted by Crippen LogP contribution is -2.29. The van der Waals surface area contributed by atoms with Crippen LogP contribution in [0.15, 0.2) is 42.5 Å². The highest BCUT2D eigenvalue weighted by Gasteiger charge is 2.35. The minimum absolute atomic E-state index is 0.177. The molecule has 0 unspecified atom stereocenters. The van der Waals surface area contributed by atoms with E-state index in [1.807, 2.05) is 19.1 Å². The summed E-state index contributed by atoms with van der Waals surface area (Å²) in [6.07, 6.45) is 0.0943. The summed E-state index contributed by atoms with van der Waals surface area (Å²) in [6, 6.07) is 7.92. The molecule has 0 amide bonds. The highest BCUT2D eigenvalue weighted by Crippen LogP contribution is 2.45. The Labute approximate surface area is 163 Å². The molecule has 0 N–H and O–H groups in total. The predicted octanol–water partition coefficient (Wildman–Crippen LogP) is 6.50. The Morgan fingerprint density at radius 1 is 0.893 bits per heavy atom. The Morgan fingerprint density at radius 2 is 1.46 bits per heavy atom. The van der Waals surface area contributed by atoms with Crippen LogP contribution in [-0.4, -0.2) is 12.6 Å². The van der Waals surface area contributed by atoms with E-state index in [1.54, 1.807) is 0 Å². The van der Waals surface area contributed by atoms with Crippen molar-refractivity contribution in [2.45, 2.75) is 51.8 Å². The number of allylic oxidation sites excluding steroid dienone is 2. The number of rotatable bonds is 3. The standard InChI is InChI=1S/C23H23F3O2/c1-14-10-18-19(22(4,5)9-8-21(18,2)3)12-16(14)17-11-15(13-27)6-7-20(17)28-23(24,25)26/h6-13H,1-5H3. The molecular weight excluding hydrogens is 365 g/mol. The number of alkyl halides is 3. The van der Waals surface area contributed by atoms with Crippen molar-refractivity contribution in [1.29, 1.82) is 0 Å². The monoisotopic (exact) mass is 388 g/mol. The van der Waals surface area contributed by atoms with Crippen LogP contribution in [0, 0.1) is 6.92 Å². The van der Waals surface area contributed by atoms with Crippen molar-refractivity contribution in [2.24, 2.45) is 0 Å². The molecule has 0 saturated carbocycles. The highest BCUT2D eigenvalue weighted by molar-refractivity contribution is 5.83. The molecule has 2 nitrogen and oxygen atoms in total. The molecule has 0 saturated heterocycles. The van der Waals surface area contributed by atoms with Gasteiger partial charge in [-0.2, -0.15) is 0 Å². The number of fused-ring (bicyclic) bond motifs is 1. The van der Waals surface area contributed by atoms with E-state index in [2.05, 4.69) is 44.6 Å². The van der Waals surface area contributed by atoms with E-state index in [-0.39, 0.29) is 22.1 Å². The molecule has 0 radical (unpaired) electrons. The van der Waals surface area contributed by atoms with E-state index in [0.29, 0.717) is 17.4 Å². The molecule has 28 heavy (non-hydrogen) atoms. The van der Waals surface area contributed by atoms with E-state index < -0.39 is 6.36 Å². The van der Waals surface area contributed by atoms with Gasteiger partial charge in [0.15, 0.2) is 0 Å². The van der Waals surface area contributed by atoms with Crippen LogP contribution in [0.4, 0.5) is 13.2 Å². The Kier molecular flexibility index (Phi) is 4.69. The molecule has 148 valence electrons. The van der Waals surface area contributed by atoms with Crippen LogP contribution in [-0.2, 0) is 10.8 Å². The van der Waals surface area contributed by atoms with Crippen LogP contribution < -0.4 is 4.74 Å². The number of carbonyl (C=O) groups excluding carboxylic acids is 1. The number of hydrogen-bond donors (Lipinski definition) is 0. The lowest BCUT2D eigenvalue weighted by atomic mass is 9.67. The van der Waals surface area contributed by atoms with Gasteiger partial charge in [-0.1, -0.05) is 45.9 Å². The van der Waals surface area contributed by atoms with E-state index in [9.17, 15) is 18.0 Å². The largest absolute Gasteiger partial charge is 0.573 e. The summed E-state index contributed by atoms with van der Waals surface area (Å²) in [4.78, 5) is 11.2. The highest BCUT2D eigenvalue weighted by atomic mass is 19.4. The number of carbonyl (C=O) groups is 1. The van der Waals surface area contributed by atoms with E-state index in [1.165, 1.54) is 18.2 Å². The van der Waals surface area contributed by atoms with Crippen LogP contribution in [0.2, 0.25) is 0 Å². The summed E-state index contributed by atoms with van der Waals surface area (Å²) in [7, 11) is 0. The molecule has 2 aromatic rings. The van der Waals surface area contributed by atoms with Crippen LogP contribution in [0.25, 0.3) is 11.1 Å². The molecule has 0 heterocycles. The zero-order chi connectivity index (χ0) is 20.9. The Balaban J connectivity index is 2.27. The van der Waals surface area contributed by atoms with E-state index in [4.69, 9.17) is 0 Å². The van der Waals surface area contributed by atoms with Gasteiger partial charge in [-0.15, -0.1) is 13.2 Å². The van der Waals surface area contributed by atoms with Crippen molar-refractivity contribution < 1.29 is 22.7 Å². The summed E-state index contributed by atoms with van der Waals surface area (Å²) < 4.78 is 43.0. The third-order valence-corrected chi connectivity index (χ3v) is 5.33. The fourth-order valence-electron chi connectivity index (χ4n) is 3.71. The Hall–Kier alpha value is -2.56. The number of ether oxygens (including phenoxy) is 1. The Morgan fingerprint density at radius 3 is 2.00 bits per heavy atom. The number of benzene rings is 2. The van der Waals surface area contributed by atoms with Crippen molar-refractivity contribution in [3.05, 3.63) is 64.7 Å². The van der Waals surface area contributed by atoms with E-state index in [0.717, 1.165) is 16.7 Å². The molecule has 1 aliphatic rings. The van der Waals surface area contributed by atoms with Gasteiger partial charge in [0.1, 0.15) is 12.0 Å². The van der Waals surface area contributed by atoms with Crippen molar-refractivity contribution >= 4 is 6.29 Å². The summed E-state index contributed by atoms with van der Waals surface area (Å²) in [5, 5.41) is 0. The number of aldehydes is 1. The maximum Gasteiger partial charge on any atom is 0.573 e. The first kappa shape index (κ1) is 20.2. The van der Waals surface area contributed by atoms with Crippen LogP contribution >= 0.6 is 0 Å². The first-order valence-electron chi connectivity index (χ1n) is 9.05. The van der Waals surface area contributed by atoms with Gasteiger partial charge in [0.2, 0.25) is 0 Å². The van der Waals surface area contributed by atoms with Crippen LogP contribution in [0.5, 0.6) is 5.75 Å². The van der Waals surface area contributed by atoms with Crippen molar-refractivity contribution in [2.75, 3.05) is 0 Å². The second-order valence-corrected chi connectivity index (χ2v) is 8.41. The first-order chi connectivity index (χ1) is 12.8. The van der Waals surface area contributed by atoms with Gasteiger partial charge in [-0.25, -0.2) is 0 Å². The third-order valence-electron chi connectivity index (χ3n) is 5.33. The minimum atomic E-state index is -4.82. The normalized spacial score (nSPS) is 17.1. The van der Waals surface area contributed by atoms with Gasteiger partial charge >= 0.3 is 6.36 Å². The molecule has 0 spiro atoms. The molecular formula is C23H23F3O2. The predicted molar refractivity (Wildman–Crippen MR) is 104 cm³/mol. The third kappa shape index (κ3) is 3.71. The molecule has 3 rings (SSSR count). The molecule has 0 bridgehead atoms. The summed E-state index contributed by atoms with van der Waals surface area (Å²) in [6.45, 7) is 10.2. The van der Waals surface area contributed by atoms with Crippen LogP contribution in [0.3, 0.4) is 0 Å². The average Bonchev–Trinajstić information content (AvgIpc) is 2.58. The van der Waals surface area contributed by atoms with Crippen LogP contribution in [0.1, 0.15) is 54.7 Å². The molecule has 0 aliphatic heterocycles. The SMILES string of the molecule is Cc1cc2c(cc1-c1cc(C=O)ccc1OC(F)(F)F)C(C)(C)C=CC2(C)C. The smallest absolute Gasteiger partial charge is 0.405 e. The maximum atomic E-state index is 12.9. The fraction of sp³-hybridized carbons (Fsp3) is 0.348. The zero-order valence-electron chi connectivity index (χ0n) is 16.6. The molecule has 0 fully saturated rings. The van der Waals surface area contributed by atoms with Crippen molar-refractivity contribution in [1.82, 2.24) is 0 Å². The first-order valence-corrected chi connectivity index (χ1v) is 9.05. The van der Waals surface area contributed by atoms with Gasteiger partial charge in [-0.05, 0) is 53.4 Å². The van der Waals surface area contributed by atoms with Crippen molar-refractivity contribution in [3.63, 3.8) is 0 Å². The van der Waals surface area contributed by atoms with Gasteiger partial charge in [0.25, 0.3) is 0 Å². The molecule has 0 aromatic heterocycles. The molecule has 2 aromatic carbocycles. The average molecular weight is 388 g/mol. The summed E-state index contributed by atoms with van der Waals surface area (Å²) >= 11 is 0. The minimum Gasteiger partial charge on any atom is -0.405 e. The maximum absolute atomic E-state index is 12.9. The van der Waals surface area contributed by atoms with E-state index >= 15 is 0 Å². The van der Waals surface area contributed by atoms with Gasteiger partial charge in [-0.3, -0.25) is 4.79 Å². The molecule has 1 aliphatic carbocycles. The molecule has 0 atom stereocenters. The lowest BCUT2D eigenvalue weighted by molar-refractivity contribution is -0.274. The lowest BCUT2D eigenvalue weighted by Gasteiger charge is -2.37. The Bertz CT molecular complexity index is 967. The van der Waals surface area contributed by atoms with Gasteiger partial charge < -0.3 is 4.74 Å². The fourth-order valence-corrected chi connectivity index (χ4v) is 3.71. The van der Waals surface area contributed by atoms with Gasteiger partial charge in [0.05, 0.1) is 0 Å².